The Bertz CT molecular complexity index is 397. The normalized spacial score (nSPS) is 10.6. The fourth-order valence-electron chi connectivity index (χ4n) is 2.17. The van der Waals surface area contributed by atoms with Gasteiger partial charge in [0.2, 0.25) is 0 Å². The first-order valence-electron chi connectivity index (χ1n) is 6.14. The lowest BCUT2D eigenvalue weighted by molar-refractivity contribution is 0.591. The third kappa shape index (κ3) is 3.19. The summed E-state index contributed by atoms with van der Waals surface area (Å²) in [6.45, 7) is 6.51. The number of thiocarbonyl (C=S) groups is 1. The molecule has 0 radical (unpaired) electrons. The Morgan fingerprint density at radius 3 is 2.41 bits per heavy atom. The lowest BCUT2D eigenvalue weighted by atomic mass is 10.1. The quantitative estimate of drug-likeness (QED) is 0.813. The van der Waals surface area contributed by atoms with Crippen molar-refractivity contribution in [2.24, 2.45) is 5.73 Å². The smallest absolute Gasteiger partial charge is 0.106 e. The second-order valence-corrected chi connectivity index (χ2v) is 4.91. The van der Waals surface area contributed by atoms with Crippen LogP contribution in [-0.4, -0.2) is 18.1 Å². The van der Waals surface area contributed by atoms with Gasteiger partial charge in [-0.05, 0) is 37.5 Å². The molecule has 2 N–H and O–H groups in total. The van der Waals surface area contributed by atoms with Crippen molar-refractivity contribution < 1.29 is 0 Å². The van der Waals surface area contributed by atoms with Crippen LogP contribution in [0.3, 0.4) is 0 Å². The molecule has 1 aromatic rings. The molecular formula is C14H22N2S. The Hall–Kier alpha value is -1.09. The maximum Gasteiger partial charge on any atom is 0.106 e. The average molecular weight is 250 g/mol. The fraction of sp³-hybridized carbons (Fsp3) is 0.500. The summed E-state index contributed by atoms with van der Waals surface area (Å²) in [5.74, 6) is 0. The highest BCUT2D eigenvalue weighted by Crippen LogP contribution is 2.24. The molecule has 0 aromatic heterocycles. The lowest BCUT2D eigenvalue weighted by Gasteiger charge is -2.30. The number of rotatable bonds is 5. The highest BCUT2D eigenvalue weighted by molar-refractivity contribution is 7.80. The first-order chi connectivity index (χ1) is 8.01. The van der Waals surface area contributed by atoms with Gasteiger partial charge in [0.05, 0.1) is 0 Å². The summed E-state index contributed by atoms with van der Waals surface area (Å²) in [7, 11) is 2.12. The Labute approximate surface area is 110 Å². The average Bonchev–Trinajstić information content (AvgIpc) is 2.29. The van der Waals surface area contributed by atoms with E-state index in [-0.39, 0.29) is 0 Å². The van der Waals surface area contributed by atoms with Gasteiger partial charge in [-0.25, -0.2) is 0 Å². The molecule has 0 saturated heterocycles. The van der Waals surface area contributed by atoms with E-state index in [2.05, 4.69) is 44.9 Å². The molecule has 2 nitrogen and oxygen atoms in total. The Morgan fingerprint density at radius 1 is 1.35 bits per heavy atom. The number of nitrogens with two attached hydrogens (primary N) is 1. The van der Waals surface area contributed by atoms with Gasteiger partial charge in [-0.3, -0.25) is 0 Å². The van der Waals surface area contributed by atoms with Crippen molar-refractivity contribution in [1.29, 1.82) is 0 Å². The van der Waals surface area contributed by atoms with Gasteiger partial charge in [0.15, 0.2) is 0 Å². The summed E-state index contributed by atoms with van der Waals surface area (Å²) in [6.07, 6.45) is 2.25. The molecule has 0 aliphatic carbocycles. The number of aryl methyl sites for hydroxylation is 1. The van der Waals surface area contributed by atoms with Crippen LogP contribution in [0.15, 0.2) is 18.2 Å². The first kappa shape index (κ1) is 14.0. The largest absolute Gasteiger partial charge is 0.389 e. The van der Waals surface area contributed by atoms with Gasteiger partial charge in [0.25, 0.3) is 0 Å². The van der Waals surface area contributed by atoms with Crippen LogP contribution in [0.5, 0.6) is 0 Å². The van der Waals surface area contributed by atoms with Gasteiger partial charge < -0.3 is 10.6 Å². The van der Waals surface area contributed by atoms with Crippen LogP contribution in [0, 0.1) is 6.92 Å². The number of hydrogen-bond donors (Lipinski definition) is 1. The van der Waals surface area contributed by atoms with E-state index in [4.69, 9.17) is 18.0 Å². The molecule has 0 atom stereocenters. The molecule has 1 aromatic carbocycles. The Kier molecular flexibility index (Phi) is 4.94. The molecule has 0 amide bonds. The number of hydrogen-bond acceptors (Lipinski definition) is 2. The standard InChI is InChI=1S/C14H22N2S/c1-5-11(6-2)16(4)13-9-10(3)7-8-12(13)14(15)17/h7-9,11H,5-6H2,1-4H3,(H2,15,17). The number of nitrogens with zero attached hydrogens (tertiary/aromatic N) is 1. The minimum absolute atomic E-state index is 0.470. The molecule has 0 fully saturated rings. The summed E-state index contributed by atoms with van der Waals surface area (Å²) < 4.78 is 0. The zero-order valence-electron chi connectivity index (χ0n) is 11.2. The van der Waals surface area contributed by atoms with Gasteiger partial charge in [0.1, 0.15) is 4.99 Å². The van der Waals surface area contributed by atoms with Crippen LogP contribution in [0.4, 0.5) is 5.69 Å². The minimum Gasteiger partial charge on any atom is -0.389 e. The second kappa shape index (κ2) is 6.01. The van der Waals surface area contributed by atoms with Crippen LogP contribution in [0.1, 0.15) is 37.8 Å². The Balaban J connectivity index is 3.18. The third-order valence-corrected chi connectivity index (χ3v) is 3.51. The molecule has 0 bridgehead atoms. The predicted molar refractivity (Wildman–Crippen MR) is 79.8 cm³/mol. The number of benzene rings is 1. The topological polar surface area (TPSA) is 29.3 Å². The molecule has 0 unspecified atom stereocenters. The zero-order valence-corrected chi connectivity index (χ0v) is 12.0. The molecule has 0 aliphatic rings. The monoisotopic (exact) mass is 250 g/mol. The molecule has 0 heterocycles. The van der Waals surface area contributed by atoms with E-state index >= 15 is 0 Å². The van der Waals surface area contributed by atoms with Crippen molar-refractivity contribution in [3.63, 3.8) is 0 Å². The second-order valence-electron chi connectivity index (χ2n) is 4.47. The Morgan fingerprint density at radius 2 is 1.94 bits per heavy atom. The summed E-state index contributed by atoms with van der Waals surface area (Å²) in [5, 5.41) is 0. The number of anilines is 1. The van der Waals surface area contributed by atoms with E-state index < -0.39 is 0 Å². The molecule has 94 valence electrons. The summed E-state index contributed by atoms with van der Waals surface area (Å²) in [5.41, 5.74) is 9.14. The molecular weight excluding hydrogens is 228 g/mol. The van der Waals surface area contributed by atoms with Crippen LogP contribution in [0.2, 0.25) is 0 Å². The van der Waals surface area contributed by atoms with Crippen molar-refractivity contribution in [2.75, 3.05) is 11.9 Å². The van der Waals surface area contributed by atoms with Gasteiger partial charge in [-0.1, -0.05) is 32.1 Å². The molecule has 0 spiro atoms. The molecule has 0 saturated carbocycles. The SMILES string of the molecule is CCC(CC)N(C)c1cc(C)ccc1C(N)=S. The van der Waals surface area contributed by atoms with Crippen molar-refractivity contribution in [1.82, 2.24) is 0 Å². The first-order valence-corrected chi connectivity index (χ1v) is 6.55. The predicted octanol–water partition coefficient (Wildman–Crippen LogP) is 3.25. The highest BCUT2D eigenvalue weighted by Gasteiger charge is 2.15. The maximum atomic E-state index is 5.79. The van der Waals surface area contributed by atoms with E-state index in [0.717, 1.165) is 24.1 Å². The summed E-state index contributed by atoms with van der Waals surface area (Å²) in [6, 6.07) is 6.77. The van der Waals surface area contributed by atoms with E-state index in [1.807, 2.05) is 6.07 Å². The fourth-order valence-corrected chi connectivity index (χ4v) is 2.35. The van der Waals surface area contributed by atoms with Crippen LogP contribution in [-0.2, 0) is 0 Å². The van der Waals surface area contributed by atoms with Crippen molar-refractivity contribution in [3.05, 3.63) is 29.3 Å². The van der Waals surface area contributed by atoms with Crippen molar-refractivity contribution in [3.8, 4) is 0 Å². The van der Waals surface area contributed by atoms with E-state index in [0.29, 0.717) is 11.0 Å². The molecule has 3 heteroatoms. The van der Waals surface area contributed by atoms with Crippen LogP contribution < -0.4 is 10.6 Å². The van der Waals surface area contributed by atoms with E-state index in [1.54, 1.807) is 0 Å². The van der Waals surface area contributed by atoms with E-state index in [1.165, 1.54) is 5.56 Å². The maximum absolute atomic E-state index is 5.79. The van der Waals surface area contributed by atoms with Gasteiger partial charge in [0, 0.05) is 24.3 Å². The molecule has 17 heavy (non-hydrogen) atoms. The third-order valence-electron chi connectivity index (χ3n) is 3.29. The molecule has 0 aliphatic heterocycles. The zero-order chi connectivity index (χ0) is 13.0. The summed E-state index contributed by atoms with van der Waals surface area (Å²) in [4.78, 5) is 2.76. The van der Waals surface area contributed by atoms with Gasteiger partial charge in [-0.15, -0.1) is 0 Å². The lowest BCUT2D eigenvalue weighted by Crippen LogP contribution is -2.32. The minimum atomic E-state index is 0.470. The molecule has 1 rings (SSSR count). The van der Waals surface area contributed by atoms with Crippen molar-refractivity contribution in [2.45, 2.75) is 39.7 Å². The van der Waals surface area contributed by atoms with Crippen LogP contribution >= 0.6 is 12.2 Å². The van der Waals surface area contributed by atoms with Crippen molar-refractivity contribution >= 4 is 22.9 Å². The van der Waals surface area contributed by atoms with Crippen LogP contribution in [0.25, 0.3) is 0 Å². The summed E-state index contributed by atoms with van der Waals surface area (Å²) >= 11 is 5.12. The van der Waals surface area contributed by atoms with E-state index in [9.17, 15) is 0 Å². The van der Waals surface area contributed by atoms with Gasteiger partial charge in [-0.2, -0.15) is 0 Å². The highest BCUT2D eigenvalue weighted by atomic mass is 32.1. The van der Waals surface area contributed by atoms with Gasteiger partial charge >= 0.3 is 0 Å².